The third-order valence-electron chi connectivity index (χ3n) is 4.18. The first-order valence-corrected chi connectivity index (χ1v) is 7.23. The summed E-state index contributed by atoms with van der Waals surface area (Å²) in [5.74, 6) is 1.70. The third kappa shape index (κ3) is 3.44. The highest BCUT2D eigenvalue weighted by molar-refractivity contribution is 5.86. The molecule has 0 radical (unpaired) electrons. The average molecular weight is 260 g/mol. The number of rotatable bonds is 4. The van der Waals surface area contributed by atoms with Crippen LogP contribution in [0.25, 0.3) is 0 Å². The van der Waals surface area contributed by atoms with Crippen molar-refractivity contribution in [2.24, 2.45) is 17.8 Å². The van der Waals surface area contributed by atoms with Crippen LogP contribution in [0.3, 0.4) is 0 Å². The number of carbonyl (C=O) groups is 1. The van der Waals surface area contributed by atoms with Crippen molar-refractivity contribution >= 4 is 5.78 Å². The molecule has 0 bridgehead atoms. The molecule has 1 aliphatic carbocycles. The van der Waals surface area contributed by atoms with Gasteiger partial charge in [0.05, 0.1) is 0 Å². The van der Waals surface area contributed by atoms with E-state index in [9.17, 15) is 4.79 Å². The molecule has 0 heterocycles. The van der Waals surface area contributed by atoms with Crippen LogP contribution in [0.2, 0.25) is 0 Å². The molecule has 0 aromatic heterocycles. The van der Waals surface area contributed by atoms with Crippen LogP contribution >= 0.6 is 0 Å². The van der Waals surface area contributed by atoms with E-state index in [1.54, 1.807) is 7.11 Å². The fourth-order valence-electron chi connectivity index (χ4n) is 3.44. The Balaban J connectivity index is 2.13. The number of ether oxygens (including phenoxy) is 1. The topological polar surface area (TPSA) is 26.3 Å². The minimum Gasteiger partial charge on any atom is -0.369 e. The largest absolute Gasteiger partial charge is 0.369 e. The van der Waals surface area contributed by atoms with Gasteiger partial charge in [-0.2, -0.15) is 0 Å². The number of benzene rings is 1. The molecular weight excluding hydrogens is 236 g/mol. The zero-order chi connectivity index (χ0) is 13.8. The second-order valence-corrected chi connectivity index (χ2v) is 6.04. The molecule has 3 atom stereocenters. The maximum atomic E-state index is 12.7. The minimum atomic E-state index is -0.399. The van der Waals surface area contributed by atoms with Crippen molar-refractivity contribution in [3.8, 4) is 0 Å². The van der Waals surface area contributed by atoms with Crippen molar-refractivity contribution in [3.05, 3.63) is 35.9 Å². The van der Waals surface area contributed by atoms with Gasteiger partial charge in [-0.05, 0) is 36.7 Å². The van der Waals surface area contributed by atoms with Crippen LogP contribution in [0.1, 0.15) is 44.8 Å². The first-order valence-electron chi connectivity index (χ1n) is 7.23. The van der Waals surface area contributed by atoms with Crippen molar-refractivity contribution in [2.45, 2.75) is 39.2 Å². The Hall–Kier alpha value is -1.15. The van der Waals surface area contributed by atoms with E-state index < -0.39 is 6.10 Å². The minimum absolute atomic E-state index is 0.156. The Morgan fingerprint density at radius 3 is 2.21 bits per heavy atom. The second kappa shape index (κ2) is 6.33. The molecule has 1 aromatic rings. The lowest BCUT2D eigenvalue weighted by atomic mass is 9.73. The highest BCUT2D eigenvalue weighted by atomic mass is 16.5. The second-order valence-electron chi connectivity index (χ2n) is 6.04. The molecule has 104 valence electrons. The van der Waals surface area contributed by atoms with Crippen molar-refractivity contribution in [1.82, 2.24) is 0 Å². The van der Waals surface area contributed by atoms with E-state index in [1.165, 1.54) is 6.42 Å². The molecule has 1 fully saturated rings. The Morgan fingerprint density at radius 2 is 1.68 bits per heavy atom. The van der Waals surface area contributed by atoms with Crippen LogP contribution in [0.5, 0.6) is 0 Å². The molecule has 1 aromatic carbocycles. The van der Waals surface area contributed by atoms with Crippen LogP contribution in [0.15, 0.2) is 30.3 Å². The lowest BCUT2D eigenvalue weighted by Crippen LogP contribution is -2.30. The molecule has 2 heteroatoms. The average Bonchev–Trinajstić information content (AvgIpc) is 2.39. The summed E-state index contributed by atoms with van der Waals surface area (Å²) in [6, 6.07) is 9.83. The molecule has 1 aliphatic rings. The molecule has 19 heavy (non-hydrogen) atoms. The van der Waals surface area contributed by atoms with Gasteiger partial charge in [-0.3, -0.25) is 4.79 Å². The van der Waals surface area contributed by atoms with Gasteiger partial charge in [-0.1, -0.05) is 44.2 Å². The quantitative estimate of drug-likeness (QED) is 0.817. The molecule has 0 N–H and O–H groups in total. The van der Waals surface area contributed by atoms with Crippen molar-refractivity contribution < 1.29 is 9.53 Å². The molecule has 3 unspecified atom stereocenters. The molecule has 2 rings (SSSR count). The summed E-state index contributed by atoms with van der Waals surface area (Å²) >= 11 is 0. The molecule has 2 nitrogen and oxygen atoms in total. The van der Waals surface area contributed by atoms with E-state index in [-0.39, 0.29) is 11.7 Å². The first-order chi connectivity index (χ1) is 9.11. The molecule has 0 amide bonds. The van der Waals surface area contributed by atoms with Crippen molar-refractivity contribution in [1.29, 1.82) is 0 Å². The summed E-state index contributed by atoms with van der Waals surface area (Å²) in [5, 5.41) is 0. The summed E-state index contributed by atoms with van der Waals surface area (Å²) in [4.78, 5) is 12.7. The van der Waals surface area contributed by atoms with Crippen molar-refractivity contribution in [3.63, 3.8) is 0 Å². The predicted molar refractivity (Wildman–Crippen MR) is 76.9 cm³/mol. The van der Waals surface area contributed by atoms with Crippen LogP contribution in [0, 0.1) is 17.8 Å². The molecular formula is C17H24O2. The SMILES string of the molecule is COC(C(=O)C1CC(C)CC(C)C1)c1ccccc1. The summed E-state index contributed by atoms with van der Waals surface area (Å²) < 4.78 is 5.47. The molecule has 0 saturated heterocycles. The van der Waals surface area contributed by atoms with Gasteiger partial charge < -0.3 is 4.74 Å². The lowest BCUT2D eigenvalue weighted by Gasteiger charge is -2.32. The van der Waals surface area contributed by atoms with Gasteiger partial charge in [0.25, 0.3) is 0 Å². The van der Waals surface area contributed by atoms with Crippen LogP contribution in [-0.2, 0) is 9.53 Å². The zero-order valence-corrected chi connectivity index (χ0v) is 12.1. The van der Waals surface area contributed by atoms with E-state index in [0.717, 1.165) is 18.4 Å². The smallest absolute Gasteiger partial charge is 0.169 e. The van der Waals surface area contributed by atoms with Crippen molar-refractivity contribution in [2.75, 3.05) is 7.11 Å². The summed E-state index contributed by atoms with van der Waals surface area (Å²) in [7, 11) is 1.63. The fraction of sp³-hybridized carbons (Fsp3) is 0.588. The van der Waals surface area contributed by atoms with Crippen LogP contribution in [-0.4, -0.2) is 12.9 Å². The van der Waals surface area contributed by atoms with E-state index in [0.29, 0.717) is 11.8 Å². The third-order valence-corrected chi connectivity index (χ3v) is 4.18. The van der Waals surface area contributed by atoms with E-state index in [4.69, 9.17) is 4.74 Å². The molecule has 0 aliphatic heterocycles. The summed E-state index contributed by atoms with van der Waals surface area (Å²) in [6.07, 6.45) is 2.86. The lowest BCUT2D eigenvalue weighted by molar-refractivity contribution is -0.135. The fourth-order valence-corrected chi connectivity index (χ4v) is 3.44. The van der Waals surface area contributed by atoms with Gasteiger partial charge in [0.15, 0.2) is 5.78 Å². The van der Waals surface area contributed by atoms with Crippen LogP contribution in [0.4, 0.5) is 0 Å². The predicted octanol–water partition coefficient (Wildman–Crippen LogP) is 4.02. The Labute approximate surface area is 116 Å². The summed E-state index contributed by atoms with van der Waals surface area (Å²) in [5.41, 5.74) is 0.973. The number of Topliss-reactive ketones (excluding diaryl/α,β-unsaturated/α-hetero) is 1. The van der Waals surface area contributed by atoms with E-state index in [1.807, 2.05) is 30.3 Å². The number of methoxy groups -OCH3 is 1. The summed E-state index contributed by atoms with van der Waals surface area (Å²) in [6.45, 7) is 4.50. The van der Waals surface area contributed by atoms with Gasteiger partial charge in [0.2, 0.25) is 0 Å². The maximum Gasteiger partial charge on any atom is 0.169 e. The number of hydrogen-bond acceptors (Lipinski definition) is 2. The number of ketones is 1. The van der Waals surface area contributed by atoms with Crippen LogP contribution < -0.4 is 0 Å². The van der Waals surface area contributed by atoms with Gasteiger partial charge in [-0.25, -0.2) is 0 Å². The van der Waals surface area contributed by atoms with E-state index in [2.05, 4.69) is 13.8 Å². The standard InChI is InChI=1S/C17H24O2/c1-12-9-13(2)11-15(10-12)16(18)17(19-3)14-7-5-4-6-8-14/h4-8,12-13,15,17H,9-11H2,1-3H3. The van der Waals surface area contributed by atoms with E-state index >= 15 is 0 Å². The van der Waals surface area contributed by atoms with Gasteiger partial charge >= 0.3 is 0 Å². The Morgan fingerprint density at radius 1 is 1.11 bits per heavy atom. The Kier molecular flexibility index (Phi) is 4.76. The normalized spacial score (nSPS) is 28.9. The van der Waals surface area contributed by atoms with Gasteiger partial charge in [0.1, 0.15) is 6.10 Å². The Bertz CT molecular complexity index is 403. The molecule has 1 saturated carbocycles. The zero-order valence-electron chi connectivity index (χ0n) is 12.1. The van der Waals surface area contributed by atoms with Gasteiger partial charge in [-0.15, -0.1) is 0 Å². The monoisotopic (exact) mass is 260 g/mol. The molecule has 0 spiro atoms. The highest BCUT2D eigenvalue weighted by Gasteiger charge is 2.33. The van der Waals surface area contributed by atoms with Gasteiger partial charge in [0, 0.05) is 13.0 Å². The first kappa shape index (κ1) is 14.3. The number of hydrogen-bond donors (Lipinski definition) is 0. The highest BCUT2D eigenvalue weighted by Crippen LogP contribution is 2.36. The number of carbonyl (C=O) groups excluding carboxylic acids is 1. The maximum absolute atomic E-state index is 12.7.